The number of aryl methyl sites for hydroxylation is 1. The average Bonchev–Trinajstić information content (AvgIpc) is 3.22. The Morgan fingerprint density at radius 2 is 2.22 bits per heavy atom. The molecule has 1 aliphatic heterocycles. The van der Waals surface area contributed by atoms with Crippen molar-refractivity contribution in [2.75, 3.05) is 32.1 Å². The number of amides is 1. The number of ether oxygens (including phenoxy) is 1. The quantitative estimate of drug-likeness (QED) is 0.859. The van der Waals surface area contributed by atoms with Gasteiger partial charge in [-0.25, -0.2) is 9.97 Å². The van der Waals surface area contributed by atoms with Gasteiger partial charge in [0.1, 0.15) is 0 Å². The number of thiophene rings is 1. The summed E-state index contributed by atoms with van der Waals surface area (Å²) in [5.74, 6) is 1.36. The van der Waals surface area contributed by atoms with E-state index in [9.17, 15) is 4.79 Å². The van der Waals surface area contributed by atoms with Crippen LogP contribution in [-0.4, -0.2) is 54.1 Å². The standard InChI is InChI=1S/C16H20N4O2S/c1-11-5-9-23-13(11)16(21)19(2)12-4-8-20(10-12)14-15(22-3)18-7-6-17-14/h5-7,9,12H,4,8,10H2,1-3H3/t12-/m0/s1. The van der Waals surface area contributed by atoms with E-state index in [1.165, 1.54) is 11.3 Å². The van der Waals surface area contributed by atoms with Crippen LogP contribution in [0.2, 0.25) is 0 Å². The number of likely N-dealkylation sites (N-methyl/N-ethyl adjacent to an activating group) is 1. The number of aromatic nitrogens is 2. The van der Waals surface area contributed by atoms with Crippen LogP contribution < -0.4 is 9.64 Å². The van der Waals surface area contributed by atoms with Crippen molar-refractivity contribution < 1.29 is 9.53 Å². The monoisotopic (exact) mass is 332 g/mol. The summed E-state index contributed by atoms with van der Waals surface area (Å²) in [5.41, 5.74) is 1.04. The first-order valence-corrected chi connectivity index (χ1v) is 8.41. The van der Waals surface area contributed by atoms with Gasteiger partial charge in [-0.05, 0) is 30.4 Å². The first kappa shape index (κ1) is 15.7. The number of methoxy groups -OCH3 is 1. The Labute approximate surface area is 139 Å². The van der Waals surface area contributed by atoms with Gasteiger partial charge in [0.15, 0.2) is 5.82 Å². The molecule has 0 N–H and O–H groups in total. The largest absolute Gasteiger partial charge is 0.478 e. The molecule has 0 unspecified atom stereocenters. The summed E-state index contributed by atoms with van der Waals surface area (Å²) < 4.78 is 5.28. The number of carbonyl (C=O) groups is 1. The van der Waals surface area contributed by atoms with Crippen molar-refractivity contribution in [3.63, 3.8) is 0 Å². The highest BCUT2D eigenvalue weighted by atomic mass is 32.1. The number of nitrogens with zero attached hydrogens (tertiary/aromatic N) is 4. The second kappa shape index (κ2) is 6.54. The fourth-order valence-corrected chi connectivity index (χ4v) is 3.75. The molecule has 122 valence electrons. The van der Waals surface area contributed by atoms with E-state index >= 15 is 0 Å². The third kappa shape index (κ3) is 3.01. The Bertz CT molecular complexity index is 703. The van der Waals surface area contributed by atoms with Crippen molar-refractivity contribution in [3.8, 4) is 5.88 Å². The molecule has 0 saturated carbocycles. The maximum Gasteiger partial charge on any atom is 0.264 e. The molecule has 6 nitrogen and oxygen atoms in total. The zero-order chi connectivity index (χ0) is 16.4. The zero-order valence-electron chi connectivity index (χ0n) is 13.5. The maximum atomic E-state index is 12.6. The molecule has 3 heterocycles. The van der Waals surface area contributed by atoms with Gasteiger partial charge in [0, 0.05) is 32.5 Å². The maximum absolute atomic E-state index is 12.6. The topological polar surface area (TPSA) is 58.6 Å². The third-order valence-electron chi connectivity index (χ3n) is 4.23. The van der Waals surface area contributed by atoms with Crippen molar-refractivity contribution >= 4 is 23.1 Å². The molecule has 1 aliphatic rings. The highest BCUT2D eigenvalue weighted by molar-refractivity contribution is 7.12. The molecule has 0 aliphatic carbocycles. The summed E-state index contributed by atoms with van der Waals surface area (Å²) >= 11 is 1.50. The van der Waals surface area contributed by atoms with Gasteiger partial charge < -0.3 is 14.5 Å². The minimum Gasteiger partial charge on any atom is -0.478 e. The van der Waals surface area contributed by atoms with Crippen molar-refractivity contribution in [2.45, 2.75) is 19.4 Å². The summed E-state index contributed by atoms with van der Waals surface area (Å²) in [7, 11) is 3.47. The Hall–Kier alpha value is -2.15. The summed E-state index contributed by atoms with van der Waals surface area (Å²) in [4.78, 5) is 26.0. The van der Waals surface area contributed by atoms with Crippen molar-refractivity contribution in [1.82, 2.24) is 14.9 Å². The van der Waals surface area contributed by atoms with E-state index in [4.69, 9.17) is 4.74 Å². The summed E-state index contributed by atoms with van der Waals surface area (Å²) in [6.07, 6.45) is 4.19. The Kier molecular flexibility index (Phi) is 4.47. The molecule has 0 aromatic carbocycles. The van der Waals surface area contributed by atoms with E-state index in [1.807, 2.05) is 30.3 Å². The summed E-state index contributed by atoms with van der Waals surface area (Å²) in [5, 5.41) is 1.96. The minimum absolute atomic E-state index is 0.0930. The van der Waals surface area contributed by atoms with Gasteiger partial charge in [-0.1, -0.05) is 0 Å². The molecule has 0 bridgehead atoms. The molecule has 1 atom stereocenters. The van der Waals surface area contributed by atoms with Gasteiger partial charge in [0.2, 0.25) is 0 Å². The third-order valence-corrected chi connectivity index (χ3v) is 5.23. The smallest absolute Gasteiger partial charge is 0.264 e. The Balaban J connectivity index is 1.72. The fraction of sp³-hybridized carbons (Fsp3) is 0.438. The molecule has 7 heteroatoms. The molecular weight excluding hydrogens is 312 g/mol. The molecule has 1 saturated heterocycles. The first-order valence-electron chi connectivity index (χ1n) is 7.53. The van der Waals surface area contributed by atoms with E-state index in [0.717, 1.165) is 35.8 Å². The lowest BCUT2D eigenvalue weighted by molar-refractivity contribution is 0.0749. The van der Waals surface area contributed by atoms with Crippen molar-refractivity contribution in [3.05, 3.63) is 34.3 Å². The van der Waals surface area contributed by atoms with Crippen molar-refractivity contribution in [1.29, 1.82) is 0 Å². The van der Waals surface area contributed by atoms with E-state index < -0.39 is 0 Å². The van der Waals surface area contributed by atoms with Crippen LogP contribution in [-0.2, 0) is 0 Å². The predicted molar refractivity (Wildman–Crippen MR) is 90.4 cm³/mol. The molecule has 3 rings (SSSR count). The summed E-state index contributed by atoms with van der Waals surface area (Å²) in [6, 6.07) is 2.15. The van der Waals surface area contributed by atoms with E-state index in [1.54, 1.807) is 19.5 Å². The van der Waals surface area contributed by atoms with Gasteiger partial charge in [-0.2, -0.15) is 0 Å². The predicted octanol–water partition coefficient (Wildman–Crippen LogP) is 2.21. The highest BCUT2D eigenvalue weighted by Crippen LogP contribution is 2.28. The average molecular weight is 332 g/mol. The van der Waals surface area contributed by atoms with E-state index in [0.29, 0.717) is 5.88 Å². The van der Waals surface area contributed by atoms with Gasteiger partial charge in [-0.3, -0.25) is 4.79 Å². The van der Waals surface area contributed by atoms with Gasteiger partial charge in [-0.15, -0.1) is 11.3 Å². The molecule has 2 aromatic rings. The van der Waals surface area contributed by atoms with Crippen LogP contribution in [0.3, 0.4) is 0 Å². The molecule has 0 radical (unpaired) electrons. The second-order valence-electron chi connectivity index (χ2n) is 5.63. The lowest BCUT2D eigenvalue weighted by Gasteiger charge is -2.25. The SMILES string of the molecule is COc1nccnc1N1CC[C@H](N(C)C(=O)c2sccc2C)C1. The second-order valence-corrected chi connectivity index (χ2v) is 6.54. The highest BCUT2D eigenvalue weighted by Gasteiger charge is 2.31. The molecule has 0 spiro atoms. The van der Waals surface area contributed by atoms with Crippen LogP contribution in [0.1, 0.15) is 21.7 Å². The van der Waals surface area contributed by atoms with Crippen LogP contribution in [0.15, 0.2) is 23.8 Å². The number of hydrogen-bond donors (Lipinski definition) is 0. The van der Waals surface area contributed by atoms with Crippen LogP contribution in [0.25, 0.3) is 0 Å². The first-order chi connectivity index (χ1) is 11.1. The number of hydrogen-bond acceptors (Lipinski definition) is 6. The molecule has 1 amide bonds. The van der Waals surface area contributed by atoms with Gasteiger partial charge in [0.05, 0.1) is 18.0 Å². The molecular formula is C16H20N4O2S. The summed E-state index contributed by atoms with van der Waals surface area (Å²) in [6.45, 7) is 3.55. The molecule has 1 fully saturated rings. The Morgan fingerprint density at radius 1 is 1.43 bits per heavy atom. The lowest BCUT2D eigenvalue weighted by Crippen LogP contribution is -2.39. The van der Waals surface area contributed by atoms with Crippen LogP contribution in [0.4, 0.5) is 5.82 Å². The lowest BCUT2D eigenvalue weighted by atomic mass is 10.2. The molecule has 2 aromatic heterocycles. The van der Waals surface area contributed by atoms with Gasteiger partial charge in [0.25, 0.3) is 11.8 Å². The molecule has 23 heavy (non-hydrogen) atoms. The van der Waals surface area contributed by atoms with E-state index in [-0.39, 0.29) is 11.9 Å². The number of anilines is 1. The van der Waals surface area contributed by atoms with Crippen molar-refractivity contribution in [2.24, 2.45) is 0 Å². The number of carbonyl (C=O) groups excluding carboxylic acids is 1. The van der Waals surface area contributed by atoms with Gasteiger partial charge >= 0.3 is 0 Å². The normalized spacial score (nSPS) is 17.3. The fourth-order valence-electron chi connectivity index (χ4n) is 2.85. The zero-order valence-corrected chi connectivity index (χ0v) is 14.3. The van der Waals surface area contributed by atoms with Crippen LogP contribution in [0, 0.1) is 6.92 Å². The van der Waals surface area contributed by atoms with Crippen LogP contribution in [0.5, 0.6) is 5.88 Å². The number of rotatable bonds is 4. The Morgan fingerprint density at radius 3 is 2.91 bits per heavy atom. The van der Waals surface area contributed by atoms with E-state index in [2.05, 4.69) is 14.9 Å². The minimum atomic E-state index is 0.0930. The van der Waals surface area contributed by atoms with Crippen LogP contribution >= 0.6 is 11.3 Å².